The van der Waals surface area contributed by atoms with Crippen molar-refractivity contribution in [3.05, 3.63) is 40.9 Å². The first-order valence-electron chi connectivity index (χ1n) is 7.85. The van der Waals surface area contributed by atoms with Crippen molar-refractivity contribution in [2.45, 2.75) is 38.4 Å². The first-order chi connectivity index (χ1) is 10.9. The van der Waals surface area contributed by atoms with Gasteiger partial charge in [-0.2, -0.15) is 0 Å². The zero-order chi connectivity index (χ0) is 16.4. The molecule has 1 aromatic carbocycles. The number of rotatable bonds is 4. The molecule has 6 nitrogen and oxygen atoms in total. The molecule has 1 aliphatic heterocycles. The Bertz CT molecular complexity index is 846. The summed E-state index contributed by atoms with van der Waals surface area (Å²) < 4.78 is 24.5. The predicted octanol–water partition coefficient (Wildman–Crippen LogP) is 0.952. The van der Waals surface area contributed by atoms with E-state index in [0.717, 1.165) is 0 Å². The minimum Gasteiger partial charge on any atom is -0.310 e. The van der Waals surface area contributed by atoms with Crippen molar-refractivity contribution < 1.29 is 8.42 Å². The van der Waals surface area contributed by atoms with Gasteiger partial charge in [0, 0.05) is 18.6 Å². The van der Waals surface area contributed by atoms with Crippen LogP contribution < -0.4 is 10.9 Å². The van der Waals surface area contributed by atoms with Crippen molar-refractivity contribution in [2.75, 3.05) is 11.5 Å². The van der Waals surface area contributed by atoms with Gasteiger partial charge < -0.3 is 5.32 Å². The maximum atomic E-state index is 12.5. The van der Waals surface area contributed by atoms with Crippen molar-refractivity contribution in [1.29, 1.82) is 0 Å². The number of nitrogens with zero attached hydrogens (tertiary/aromatic N) is 2. The summed E-state index contributed by atoms with van der Waals surface area (Å²) in [6.45, 7) is 2.52. The molecule has 2 heterocycles. The van der Waals surface area contributed by atoms with Gasteiger partial charge in [-0.3, -0.25) is 9.36 Å². The van der Waals surface area contributed by atoms with Crippen LogP contribution in [0.25, 0.3) is 10.9 Å². The molecule has 3 rings (SSSR count). The predicted molar refractivity (Wildman–Crippen MR) is 90.3 cm³/mol. The molecular formula is C16H21N3O3S. The summed E-state index contributed by atoms with van der Waals surface area (Å²) in [5, 5.41) is 4.05. The second-order valence-corrected chi connectivity index (χ2v) is 8.52. The van der Waals surface area contributed by atoms with Gasteiger partial charge in [-0.1, -0.05) is 12.1 Å². The zero-order valence-corrected chi connectivity index (χ0v) is 13.9. The molecule has 7 heteroatoms. The first kappa shape index (κ1) is 16.1. The molecule has 124 valence electrons. The summed E-state index contributed by atoms with van der Waals surface area (Å²) in [4.78, 5) is 16.8. The van der Waals surface area contributed by atoms with Crippen molar-refractivity contribution >= 4 is 20.7 Å². The highest BCUT2D eigenvalue weighted by molar-refractivity contribution is 7.91. The number of fused-ring (bicyclic) bond motifs is 1. The lowest BCUT2D eigenvalue weighted by molar-refractivity contribution is 0.381. The normalized spacial score (nSPS) is 19.7. The monoisotopic (exact) mass is 335 g/mol. The summed E-state index contributed by atoms with van der Waals surface area (Å²) in [6.07, 6.45) is 2.85. The van der Waals surface area contributed by atoms with Crippen LogP contribution in [-0.4, -0.2) is 41.6 Å². The van der Waals surface area contributed by atoms with Gasteiger partial charge in [0.05, 0.1) is 28.7 Å². The molecular weight excluding hydrogens is 314 g/mol. The van der Waals surface area contributed by atoms with E-state index in [1.54, 1.807) is 17.0 Å². The van der Waals surface area contributed by atoms with Crippen LogP contribution in [0.3, 0.4) is 0 Å². The third-order valence-electron chi connectivity index (χ3n) is 4.28. The lowest BCUT2D eigenvalue weighted by Crippen LogP contribution is -2.44. The minimum atomic E-state index is -2.85. The molecule has 0 bridgehead atoms. The Morgan fingerprint density at radius 2 is 2.00 bits per heavy atom. The SMILES string of the molecule is C[C@@H](Cn1cnc2ccccc2c1=O)NC1CCS(=O)(=O)CC1. The quantitative estimate of drug-likeness (QED) is 0.900. The minimum absolute atomic E-state index is 0.0459. The Hall–Kier alpha value is -1.73. The maximum Gasteiger partial charge on any atom is 0.261 e. The topological polar surface area (TPSA) is 81.1 Å². The highest BCUT2D eigenvalue weighted by Gasteiger charge is 2.24. The fourth-order valence-electron chi connectivity index (χ4n) is 3.04. The van der Waals surface area contributed by atoms with E-state index in [1.807, 2.05) is 25.1 Å². The van der Waals surface area contributed by atoms with Gasteiger partial charge in [-0.25, -0.2) is 13.4 Å². The number of hydrogen-bond acceptors (Lipinski definition) is 5. The summed E-state index contributed by atoms with van der Waals surface area (Å²) in [5.74, 6) is 0.490. The Labute approximate surface area is 135 Å². The number of para-hydroxylation sites is 1. The molecule has 1 atom stereocenters. The van der Waals surface area contributed by atoms with Crippen LogP contribution in [0, 0.1) is 0 Å². The molecule has 1 N–H and O–H groups in total. The van der Waals surface area contributed by atoms with Crippen molar-refractivity contribution in [3.63, 3.8) is 0 Å². The summed E-state index contributed by atoms with van der Waals surface area (Å²) in [6, 6.07) is 7.57. The van der Waals surface area contributed by atoms with E-state index in [1.165, 1.54) is 0 Å². The van der Waals surface area contributed by atoms with Crippen LogP contribution in [0.2, 0.25) is 0 Å². The molecule has 23 heavy (non-hydrogen) atoms. The fraction of sp³-hybridized carbons (Fsp3) is 0.500. The fourth-order valence-corrected chi connectivity index (χ4v) is 4.53. The smallest absolute Gasteiger partial charge is 0.261 e. The van der Waals surface area contributed by atoms with Gasteiger partial charge >= 0.3 is 0 Å². The molecule has 0 radical (unpaired) electrons. The van der Waals surface area contributed by atoms with Gasteiger partial charge in [-0.15, -0.1) is 0 Å². The third kappa shape index (κ3) is 3.79. The third-order valence-corrected chi connectivity index (χ3v) is 5.99. The average Bonchev–Trinajstić information content (AvgIpc) is 2.52. The largest absolute Gasteiger partial charge is 0.310 e. The van der Waals surface area contributed by atoms with E-state index >= 15 is 0 Å². The van der Waals surface area contributed by atoms with E-state index in [-0.39, 0.29) is 29.1 Å². The molecule has 2 aromatic rings. The van der Waals surface area contributed by atoms with E-state index < -0.39 is 9.84 Å². The Kier molecular flexibility index (Phi) is 4.50. The highest BCUT2D eigenvalue weighted by atomic mass is 32.2. The number of hydrogen-bond donors (Lipinski definition) is 1. The Morgan fingerprint density at radius 3 is 2.74 bits per heavy atom. The number of aromatic nitrogens is 2. The lowest BCUT2D eigenvalue weighted by atomic mass is 10.1. The van der Waals surface area contributed by atoms with Gasteiger partial charge in [-0.05, 0) is 31.9 Å². The van der Waals surface area contributed by atoms with E-state index in [0.29, 0.717) is 30.3 Å². The summed E-state index contributed by atoms with van der Waals surface area (Å²) in [5.41, 5.74) is 0.655. The molecule has 0 unspecified atom stereocenters. The van der Waals surface area contributed by atoms with Crippen LogP contribution in [0.5, 0.6) is 0 Å². The molecule has 1 aliphatic rings. The van der Waals surface area contributed by atoms with E-state index in [4.69, 9.17) is 0 Å². The molecule has 0 amide bonds. The van der Waals surface area contributed by atoms with Gasteiger partial charge in [0.1, 0.15) is 9.84 Å². The van der Waals surface area contributed by atoms with Gasteiger partial charge in [0.15, 0.2) is 0 Å². The van der Waals surface area contributed by atoms with Gasteiger partial charge in [0.2, 0.25) is 0 Å². The van der Waals surface area contributed by atoms with Crippen LogP contribution in [0.1, 0.15) is 19.8 Å². The maximum absolute atomic E-state index is 12.5. The second-order valence-electron chi connectivity index (χ2n) is 6.21. The van der Waals surface area contributed by atoms with Crippen molar-refractivity contribution in [3.8, 4) is 0 Å². The number of nitrogens with one attached hydrogen (secondary N) is 1. The van der Waals surface area contributed by atoms with Crippen LogP contribution in [0.4, 0.5) is 0 Å². The molecule has 1 saturated heterocycles. The zero-order valence-electron chi connectivity index (χ0n) is 13.1. The van der Waals surface area contributed by atoms with Crippen LogP contribution in [-0.2, 0) is 16.4 Å². The van der Waals surface area contributed by atoms with E-state index in [9.17, 15) is 13.2 Å². The van der Waals surface area contributed by atoms with Crippen LogP contribution in [0.15, 0.2) is 35.4 Å². The van der Waals surface area contributed by atoms with Crippen molar-refractivity contribution in [2.24, 2.45) is 0 Å². The standard InChI is InChI=1S/C16H21N3O3S/c1-12(18-13-6-8-23(21,22)9-7-13)10-19-11-17-15-5-3-2-4-14(15)16(19)20/h2-5,11-13,18H,6-10H2,1H3/t12-/m0/s1. The molecule has 0 aliphatic carbocycles. The number of benzene rings is 1. The number of sulfone groups is 1. The first-order valence-corrected chi connectivity index (χ1v) is 9.67. The molecule has 1 fully saturated rings. The van der Waals surface area contributed by atoms with Gasteiger partial charge in [0.25, 0.3) is 5.56 Å². The van der Waals surface area contributed by atoms with Crippen molar-refractivity contribution in [1.82, 2.24) is 14.9 Å². The highest BCUT2D eigenvalue weighted by Crippen LogP contribution is 2.13. The molecule has 0 spiro atoms. The Morgan fingerprint density at radius 1 is 1.30 bits per heavy atom. The summed E-state index contributed by atoms with van der Waals surface area (Å²) >= 11 is 0. The Balaban J connectivity index is 1.67. The summed E-state index contributed by atoms with van der Waals surface area (Å²) in [7, 11) is -2.85. The van der Waals surface area contributed by atoms with Crippen LogP contribution >= 0.6 is 0 Å². The lowest BCUT2D eigenvalue weighted by Gasteiger charge is -2.27. The molecule has 0 saturated carbocycles. The van der Waals surface area contributed by atoms with E-state index in [2.05, 4.69) is 10.3 Å². The molecule has 1 aromatic heterocycles. The second kappa shape index (κ2) is 6.41. The average molecular weight is 335 g/mol.